The van der Waals surface area contributed by atoms with Crippen molar-refractivity contribution in [2.45, 2.75) is 6.42 Å². The van der Waals surface area contributed by atoms with Crippen LogP contribution < -0.4 is 5.32 Å². The third-order valence-corrected chi connectivity index (χ3v) is 2.60. The zero-order chi connectivity index (χ0) is 10.8. The van der Waals surface area contributed by atoms with Crippen molar-refractivity contribution in [3.05, 3.63) is 29.3 Å². The average Bonchev–Trinajstić information content (AvgIpc) is 2.62. The van der Waals surface area contributed by atoms with E-state index in [4.69, 9.17) is 0 Å². The Morgan fingerprint density at radius 1 is 1.47 bits per heavy atom. The summed E-state index contributed by atoms with van der Waals surface area (Å²) in [6.45, 7) is 1.47. The largest absolute Gasteiger partial charge is 0.384 e. The van der Waals surface area contributed by atoms with Gasteiger partial charge in [0.2, 0.25) is 0 Å². The molecule has 80 valence electrons. The summed E-state index contributed by atoms with van der Waals surface area (Å²) in [6, 6.07) is 5.93. The van der Waals surface area contributed by atoms with E-state index in [0.29, 0.717) is 6.54 Å². The van der Waals surface area contributed by atoms with Crippen LogP contribution in [-0.2, 0) is 6.42 Å². The summed E-state index contributed by atoms with van der Waals surface area (Å²) < 4.78 is 0. The van der Waals surface area contributed by atoms with Crippen LogP contribution in [0.1, 0.15) is 15.9 Å². The van der Waals surface area contributed by atoms with Gasteiger partial charge in [-0.05, 0) is 44.3 Å². The lowest BCUT2D eigenvalue weighted by Crippen LogP contribution is -2.21. The van der Waals surface area contributed by atoms with Crippen molar-refractivity contribution in [2.24, 2.45) is 0 Å². The number of benzene rings is 1. The van der Waals surface area contributed by atoms with E-state index in [1.165, 1.54) is 11.3 Å². The predicted molar refractivity (Wildman–Crippen MR) is 61.5 cm³/mol. The fourth-order valence-corrected chi connectivity index (χ4v) is 1.86. The molecule has 1 aliphatic heterocycles. The number of hydrogen-bond donors (Lipinski definition) is 1. The third kappa shape index (κ3) is 2.18. The minimum Gasteiger partial charge on any atom is -0.384 e. The number of nitrogens with one attached hydrogen (secondary N) is 1. The first-order valence-electron chi connectivity index (χ1n) is 5.21. The Hall–Kier alpha value is -1.35. The quantitative estimate of drug-likeness (QED) is 0.755. The molecule has 3 nitrogen and oxygen atoms in total. The second-order valence-corrected chi connectivity index (χ2v) is 4.21. The first kappa shape index (κ1) is 10.2. The zero-order valence-corrected chi connectivity index (χ0v) is 9.21. The van der Waals surface area contributed by atoms with Crippen molar-refractivity contribution in [2.75, 3.05) is 32.5 Å². The van der Waals surface area contributed by atoms with E-state index in [2.05, 4.69) is 5.32 Å². The monoisotopic (exact) mass is 204 g/mol. The average molecular weight is 204 g/mol. The van der Waals surface area contributed by atoms with Gasteiger partial charge in [0.1, 0.15) is 0 Å². The van der Waals surface area contributed by atoms with Gasteiger partial charge >= 0.3 is 0 Å². The number of rotatable bonds is 3. The van der Waals surface area contributed by atoms with Crippen molar-refractivity contribution in [3.8, 4) is 0 Å². The lowest BCUT2D eigenvalue weighted by Gasteiger charge is -2.09. The number of anilines is 1. The van der Waals surface area contributed by atoms with Crippen LogP contribution in [0.15, 0.2) is 18.2 Å². The molecule has 15 heavy (non-hydrogen) atoms. The van der Waals surface area contributed by atoms with Crippen molar-refractivity contribution in [3.63, 3.8) is 0 Å². The molecule has 1 aromatic rings. The molecule has 0 fully saturated rings. The molecule has 0 unspecified atom stereocenters. The second-order valence-electron chi connectivity index (χ2n) is 4.21. The van der Waals surface area contributed by atoms with Crippen molar-refractivity contribution in [1.82, 2.24) is 4.90 Å². The summed E-state index contributed by atoms with van der Waals surface area (Å²) in [7, 11) is 3.82. The summed E-state index contributed by atoms with van der Waals surface area (Å²) in [6.07, 6.45) is 1.03. The first-order valence-corrected chi connectivity index (χ1v) is 5.21. The normalized spacial score (nSPS) is 13.8. The number of hydrogen-bond acceptors (Lipinski definition) is 3. The van der Waals surface area contributed by atoms with Crippen LogP contribution in [0.2, 0.25) is 0 Å². The SMILES string of the molecule is CN(C)CC(=O)c1ccc2c(c1)CCN2. The van der Waals surface area contributed by atoms with E-state index in [1.807, 2.05) is 37.2 Å². The van der Waals surface area contributed by atoms with Crippen LogP contribution in [0.25, 0.3) is 0 Å². The number of carbonyl (C=O) groups is 1. The molecule has 1 heterocycles. The highest BCUT2D eigenvalue weighted by atomic mass is 16.1. The maximum Gasteiger partial charge on any atom is 0.176 e. The second kappa shape index (κ2) is 4.03. The maximum absolute atomic E-state index is 11.8. The summed E-state index contributed by atoms with van der Waals surface area (Å²) >= 11 is 0. The van der Waals surface area contributed by atoms with Gasteiger partial charge in [-0.3, -0.25) is 4.79 Å². The van der Waals surface area contributed by atoms with E-state index in [0.717, 1.165) is 18.5 Å². The van der Waals surface area contributed by atoms with Gasteiger partial charge in [-0.1, -0.05) is 0 Å². The van der Waals surface area contributed by atoms with Crippen LogP contribution in [0.4, 0.5) is 5.69 Å². The maximum atomic E-state index is 11.8. The minimum absolute atomic E-state index is 0.190. The van der Waals surface area contributed by atoms with Gasteiger partial charge in [0, 0.05) is 17.8 Å². The summed E-state index contributed by atoms with van der Waals surface area (Å²) in [5, 5.41) is 3.29. The van der Waals surface area contributed by atoms with Crippen LogP contribution in [0.3, 0.4) is 0 Å². The molecule has 0 amide bonds. The van der Waals surface area contributed by atoms with Crippen molar-refractivity contribution in [1.29, 1.82) is 0 Å². The third-order valence-electron chi connectivity index (χ3n) is 2.60. The van der Waals surface area contributed by atoms with Gasteiger partial charge < -0.3 is 10.2 Å². The molecule has 1 N–H and O–H groups in total. The van der Waals surface area contributed by atoms with Gasteiger partial charge in [-0.25, -0.2) is 0 Å². The molecule has 0 bridgehead atoms. The van der Waals surface area contributed by atoms with E-state index >= 15 is 0 Å². The molecule has 1 aliphatic rings. The topological polar surface area (TPSA) is 32.3 Å². The molecule has 0 aromatic heterocycles. The Morgan fingerprint density at radius 2 is 2.27 bits per heavy atom. The highest BCUT2D eigenvalue weighted by Gasteiger charge is 2.13. The fraction of sp³-hybridized carbons (Fsp3) is 0.417. The molecule has 2 rings (SSSR count). The van der Waals surface area contributed by atoms with Gasteiger partial charge in [0.15, 0.2) is 5.78 Å². The lowest BCUT2D eigenvalue weighted by molar-refractivity contribution is 0.0958. The zero-order valence-electron chi connectivity index (χ0n) is 9.21. The molecular formula is C12H16N2O. The van der Waals surface area contributed by atoms with E-state index < -0.39 is 0 Å². The van der Waals surface area contributed by atoms with Crippen LogP contribution in [0.5, 0.6) is 0 Å². The molecular weight excluding hydrogens is 188 g/mol. The number of fused-ring (bicyclic) bond motifs is 1. The van der Waals surface area contributed by atoms with Gasteiger partial charge in [-0.15, -0.1) is 0 Å². The van der Waals surface area contributed by atoms with E-state index in [-0.39, 0.29) is 5.78 Å². The molecule has 0 saturated carbocycles. The number of Topliss-reactive ketones (excluding diaryl/α,β-unsaturated/α-hetero) is 1. The Labute approximate surface area is 90.1 Å². The first-order chi connectivity index (χ1) is 7.16. The Balaban J connectivity index is 2.19. The molecule has 3 heteroatoms. The number of nitrogens with zero attached hydrogens (tertiary/aromatic N) is 1. The number of ketones is 1. The van der Waals surface area contributed by atoms with E-state index in [1.54, 1.807) is 0 Å². The fourth-order valence-electron chi connectivity index (χ4n) is 1.86. The summed E-state index contributed by atoms with van der Waals surface area (Å²) in [5.41, 5.74) is 3.27. The van der Waals surface area contributed by atoms with Crippen molar-refractivity contribution >= 4 is 11.5 Å². The van der Waals surface area contributed by atoms with E-state index in [9.17, 15) is 4.79 Å². The van der Waals surface area contributed by atoms with Gasteiger partial charge in [-0.2, -0.15) is 0 Å². The minimum atomic E-state index is 0.190. The van der Waals surface area contributed by atoms with Gasteiger partial charge in [0.25, 0.3) is 0 Å². The van der Waals surface area contributed by atoms with Crippen LogP contribution in [-0.4, -0.2) is 37.9 Å². The summed E-state index contributed by atoms with van der Waals surface area (Å²) in [4.78, 5) is 13.7. The van der Waals surface area contributed by atoms with Crippen LogP contribution >= 0.6 is 0 Å². The lowest BCUT2D eigenvalue weighted by atomic mass is 10.1. The molecule has 0 aliphatic carbocycles. The number of carbonyl (C=O) groups excluding carboxylic acids is 1. The molecule has 0 atom stereocenters. The molecule has 1 aromatic carbocycles. The molecule has 0 spiro atoms. The molecule has 0 saturated heterocycles. The Kier molecular flexibility index (Phi) is 2.73. The highest BCUT2D eigenvalue weighted by molar-refractivity contribution is 5.98. The predicted octanol–water partition coefficient (Wildman–Crippen LogP) is 1.40. The molecule has 0 radical (unpaired) electrons. The summed E-state index contributed by atoms with van der Waals surface area (Å²) in [5.74, 6) is 0.190. The van der Waals surface area contributed by atoms with Crippen molar-refractivity contribution < 1.29 is 4.79 Å². The Bertz CT molecular complexity index is 385. The smallest absolute Gasteiger partial charge is 0.176 e. The Morgan fingerprint density at radius 3 is 3.00 bits per heavy atom. The highest BCUT2D eigenvalue weighted by Crippen LogP contribution is 2.23. The number of likely N-dealkylation sites (N-methyl/N-ethyl adjacent to an activating group) is 1. The van der Waals surface area contributed by atoms with Gasteiger partial charge in [0.05, 0.1) is 6.54 Å². The standard InChI is InChI=1S/C12H16N2O/c1-14(2)8-12(15)10-3-4-11-9(7-10)5-6-13-11/h3-4,7,13H,5-6,8H2,1-2H3. The van der Waals surface area contributed by atoms with Crippen LogP contribution in [0, 0.1) is 0 Å².